The van der Waals surface area contributed by atoms with Crippen LogP contribution in [0.4, 0.5) is 5.69 Å². The molecule has 0 spiro atoms. The molecule has 0 aliphatic heterocycles. The summed E-state index contributed by atoms with van der Waals surface area (Å²) in [6.45, 7) is 9.72. The zero-order valence-electron chi connectivity index (χ0n) is 19.9. The van der Waals surface area contributed by atoms with Crippen molar-refractivity contribution in [1.82, 2.24) is 4.57 Å². The minimum absolute atomic E-state index is 0.0530. The first-order valence-electron chi connectivity index (χ1n) is 10.8. The zero-order valence-corrected chi connectivity index (χ0v) is 21.5. The number of benzene rings is 2. The van der Waals surface area contributed by atoms with E-state index in [9.17, 15) is 18.3 Å². The maximum atomic E-state index is 12.9. The normalized spacial score (nSPS) is 11.5. The van der Waals surface area contributed by atoms with Crippen molar-refractivity contribution >= 4 is 33.3 Å². The largest absolute Gasteiger partial charge is 0.494 e. The number of nitrogens with zero attached hydrogens (tertiary/aromatic N) is 1. The lowest BCUT2D eigenvalue weighted by Crippen LogP contribution is -2.14. The lowest BCUT2D eigenvalue weighted by Gasteiger charge is -2.13. The second kappa shape index (κ2) is 10.1. The van der Waals surface area contributed by atoms with Gasteiger partial charge in [0.05, 0.1) is 17.2 Å². The molecule has 1 heterocycles. The third-order valence-electron chi connectivity index (χ3n) is 5.74. The van der Waals surface area contributed by atoms with Crippen molar-refractivity contribution in [2.24, 2.45) is 0 Å². The zero-order chi connectivity index (χ0) is 25.2. The number of carboxylic acid groups (broad SMARTS) is 1. The van der Waals surface area contributed by atoms with Crippen LogP contribution in [-0.2, 0) is 16.6 Å². The molecule has 34 heavy (non-hydrogen) atoms. The summed E-state index contributed by atoms with van der Waals surface area (Å²) in [4.78, 5) is 12.1. The van der Waals surface area contributed by atoms with Crippen LogP contribution in [0.15, 0.2) is 41.3 Å². The number of aromatic nitrogens is 1. The number of aryl methyl sites for hydroxylation is 3. The standard InChI is InChI=1S/C25H29ClN2O5S/c1-15-7-9-21(10-8-15)34(31,32)27-23-18(4)24(25(29)30)28(19(23)5)11-6-12-33-20-13-16(2)22(26)17(3)14-20/h7-10,13-14,27H,6,11-12H2,1-5H3,(H,29,30). The second-order valence-corrected chi connectivity index (χ2v) is 10.4. The first-order chi connectivity index (χ1) is 15.9. The van der Waals surface area contributed by atoms with Crippen molar-refractivity contribution in [2.45, 2.75) is 52.5 Å². The molecule has 1 aromatic heterocycles. The van der Waals surface area contributed by atoms with E-state index in [1.165, 1.54) is 12.1 Å². The van der Waals surface area contributed by atoms with Crippen molar-refractivity contribution in [1.29, 1.82) is 0 Å². The summed E-state index contributed by atoms with van der Waals surface area (Å²) in [5.41, 5.74) is 4.02. The molecule has 182 valence electrons. The predicted octanol–water partition coefficient (Wildman–Crippen LogP) is 5.65. The maximum Gasteiger partial charge on any atom is 0.352 e. The van der Waals surface area contributed by atoms with Crippen LogP contribution < -0.4 is 9.46 Å². The molecule has 0 radical (unpaired) electrons. The first-order valence-corrected chi connectivity index (χ1v) is 12.7. The molecule has 0 aliphatic rings. The van der Waals surface area contributed by atoms with Gasteiger partial charge in [-0.25, -0.2) is 13.2 Å². The molecule has 0 atom stereocenters. The first kappa shape index (κ1) is 25.6. The number of carbonyl (C=O) groups is 1. The van der Waals surface area contributed by atoms with E-state index in [4.69, 9.17) is 16.3 Å². The average Bonchev–Trinajstić information content (AvgIpc) is 2.99. The topological polar surface area (TPSA) is 97.6 Å². The fraction of sp³-hybridized carbons (Fsp3) is 0.320. The summed E-state index contributed by atoms with van der Waals surface area (Å²) in [5.74, 6) is -0.420. The Bertz CT molecular complexity index is 1310. The summed E-state index contributed by atoms with van der Waals surface area (Å²) in [6, 6.07) is 10.2. The van der Waals surface area contributed by atoms with E-state index in [0.717, 1.165) is 16.7 Å². The van der Waals surface area contributed by atoms with E-state index >= 15 is 0 Å². The summed E-state index contributed by atoms with van der Waals surface area (Å²) in [6.07, 6.45) is 0.528. The number of sulfonamides is 1. The highest BCUT2D eigenvalue weighted by Crippen LogP contribution is 2.30. The number of rotatable bonds is 9. The third-order valence-corrected chi connectivity index (χ3v) is 7.70. The highest BCUT2D eigenvalue weighted by molar-refractivity contribution is 7.92. The van der Waals surface area contributed by atoms with Crippen LogP contribution in [-0.4, -0.2) is 30.7 Å². The number of hydrogen-bond acceptors (Lipinski definition) is 4. The van der Waals surface area contributed by atoms with Crippen LogP contribution in [0.1, 0.15) is 44.9 Å². The van der Waals surface area contributed by atoms with Gasteiger partial charge in [-0.3, -0.25) is 4.72 Å². The lowest BCUT2D eigenvalue weighted by molar-refractivity contribution is 0.0683. The van der Waals surface area contributed by atoms with Gasteiger partial charge >= 0.3 is 5.97 Å². The SMILES string of the molecule is Cc1ccc(S(=O)(=O)Nc2c(C)c(C(=O)O)n(CCCOc3cc(C)c(Cl)c(C)c3)c2C)cc1. The number of nitrogens with one attached hydrogen (secondary N) is 1. The minimum atomic E-state index is -3.87. The van der Waals surface area contributed by atoms with Gasteiger partial charge in [0.2, 0.25) is 0 Å². The Kier molecular flexibility index (Phi) is 7.63. The van der Waals surface area contributed by atoms with Crippen LogP contribution in [0, 0.1) is 34.6 Å². The third kappa shape index (κ3) is 5.39. The Hall–Kier alpha value is -2.97. The Morgan fingerprint density at radius 2 is 1.65 bits per heavy atom. The molecule has 3 aromatic rings. The molecule has 7 nitrogen and oxygen atoms in total. The molecular weight excluding hydrogens is 476 g/mol. The summed E-state index contributed by atoms with van der Waals surface area (Å²) < 4.78 is 35.9. The van der Waals surface area contributed by atoms with E-state index in [1.807, 2.05) is 32.9 Å². The second-order valence-electron chi connectivity index (χ2n) is 8.38. The number of carboxylic acids is 1. The monoisotopic (exact) mass is 504 g/mol. The van der Waals surface area contributed by atoms with Gasteiger partial charge in [0.15, 0.2) is 0 Å². The fourth-order valence-electron chi connectivity index (χ4n) is 3.91. The van der Waals surface area contributed by atoms with Crippen molar-refractivity contribution in [3.63, 3.8) is 0 Å². The Morgan fingerprint density at radius 1 is 1.06 bits per heavy atom. The molecule has 9 heteroatoms. The molecule has 2 aromatic carbocycles. The molecular formula is C25H29ClN2O5S. The molecule has 0 aliphatic carbocycles. The number of anilines is 1. The van der Waals surface area contributed by atoms with Gasteiger partial charge in [0, 0.05) is 22.8 Å². The molecule has 0 saturated heterocycles. The van der Waals surface area contributed by atoms with Crippen molar-refractivity contribution in [3.05, 3.63) is 75.1 Å². The van der Waals surface area contributed by atoms with Gasteiger partial charge < -0.3 is 14.4 Å². The minimum Gasteiger partial charge on any atom is -0.494 e. The van der Waals surface area contributed by atoms with E-state index in [1.54, 1.807) is 30.5 Å². The Balaban J connectivity index is 1.80. The molecule has 0 fully saturated rings. The van der Waals surface area contributed by atoms with E-state index in [0.29, 0.717) is 41.6 Å². The van der Waals surface area contributed by atoms with Gasteiger partial charge in [-0.2, -0.15) is 0 Å². The van der Waals surface area contributed by atoms with Crippen LogP contribution in [0.5, 0.6) is 5.75 Å². The Morgan fingerprint density at radius 3 is 2.21 bits per heavy atom. The highest BCUT2D eigenvalue weighted by Gasteiger charge is 2.25. The van der Waals surface area contributed by atoms with E-state index in [-0.39, 0.29) is 16.3 Å². The van der Waals surface area contributed by atoms with Crippen molar-refractivity contribution < 1.29 is 23.1 Å². The van der Waals surface area contributed by atoms with Crippen LogP contribution in [0.2, 0.25) is 5.02 Å². The van der Waals surface area contributed by atoms with Gasteiger partial charge in [0.1, 0.15) is 11.4 Å². The maximum absolute atomic E-state index is 12.9. The van der Waals surface area contributed by atoms with E-state index < -0.39 is 16.0 Å². The molecule has 0 saturated carbocycles. The van der Waals surface area contributed by atoms with Crippen LogP contribution >= 0.6 is 11.6 Å². The average molecular weight is 505 g/mol. The molecule has 0 bridgehead atoms. The molecule has 0 unspecified atom stereocenters. The fourth-order valence-corrected chi connectivity index (χ4v) is 5.20. The number of ether oxygens (including phenoxy) is 1. The van der Waals surface area contributed by atoms with E-state index in [2.05, 4.69) is 4.72 Å². The van der Waals surface area contributed by atoms with Crippen LogP contribution in [0.3, 0.4) is 0 Å². The van der Waals surface area contributed by atoms with Crippen LogP contribution in [0.25, 0.3) is 0 Å². The molecule has 0 amide bonds. The predicted molar refractivity (Wildman–Crippen MR) is 134 cm³/mol. The van der Waals surface area contributed by atoms with Crippen molar-refractivity contribution in [2.75, 3.05) is 11.3 Å². The smallest absolute Gasteiger partial charge is 0.352 e. The van der Waals surface area contributed by atoms with Gasteiger partial charge in [-0.1, -0.05) is 29.3 Å². The summed E-state index contributed by atoms with van der Waals surface area (Å²) >= 11 is 6.20. The van der Waals surface area contributed by atoms with Gasteiger partial charge in [-0.15, -0.1) is 0 Å². The van der Waals surface area contributed by atoms with Gasteiger partial charge in [-0.05, 0) is 76.4 Å². The number of halogens is 1. The summed E-state index contributed by atoms with van der Waals surface area (Å²) in [7, 11) is -3.87. The Labute approximate surface area is 205 Å². The molecule has 2 N–H and O–H groups in total. The number of aromatic carboxylic acids is 1. The molecule has 3 rings (SSSR count). The van der Waals surface area contributed by atoms with Crippen molar-refractivity contribution in [3.8, 4) is 5.75 Å². The number of hydrogen-bond donors (Lipinski definition) is 2. The lowest BCUT2D eigenvalue weighted by atomic mass is 10.1. The quantitative estimate of drug-likeness (QED) is 0.367. The van der Waals surface area contributed by atoms with Gasteiger partial charge in [0.25, 0.3) is 10.0 Å². The summed E-state index contributed by atoms with van der Waals surface area (Å²) in [5, 5.41) is 10.5. The highest BCUT2D eigenvalue weighted by atomic mass is 35.5.